The highest BCUT2D eigenvalue weighted by Crippen LogP contribution is 2.27. The summed E-state index contributed by atoms with van der Waals surface area (Å²) in [6.07, 6.45) is 0.644. The summed E-state index contributed by atoms with van der Waals surface area (Å²) in [5.41, 5.74) is 5.37. The SMILES string of the molecule is CC(OC(=O)NCc1[nH]ncc1-c1ccc(-c2ccc(C(=O)O)cc2)cc1)c1ccccc1Cl. The summed E-state index contributed by atoms with van der Waals surface area (Å²) in [4.78, 5) is 23.3. The number of carboxylic acid groups (broad SMARTS) is 1. The van der Waals surface area contributed by atoms with Crippen LogP contribution in [-0.4, -0.2) is 27.4 Å². The minimum atomic E-state index is -0.954. The molecule has 172 valence electrons. The van der Waals surface area contributed by atoms with Crippen LogP contribution in [0.3, 0.4) is 0 Å². The van der Waals surface area contributed by atoms with Crippen LogP contribution in [-0.2, 0) is 11.3 Å². The summed E-state index contributed by atoms with van der Waals surface area (Å²) in [5.74, 6) is -0.954. The molecule has 0 fully saturated rings. The fourth-order valence-electron chi connectivity index (χ4n) is 3.57. The number of alkyl carbamates (subject to hydrolysis) is 1. The van der Waals surface area contributed by atoms with Gasteiger partial charge in [-0.25, -0.2) is 9.59 Å². The van der Waals surface area contributed by atoms with E-state index >= 15 is 0 Å². The van der Waals surface area contributed by atoms with E-state index in [0.717, 1.165) is 33.5 Å². The Morgan fingerprint density at radius 2 is 1.62 bits per heavy atom. The van der Waals surface area contributed by atoms with Crippen molar-refractivity contribution >= 4 is 23.7 Å². The lowest BCUT2D eigenvalue weighted by molar-refractivity contribution is 0.0696. The maximum absolute atomic E-state index is 12.3. The van der Waals surface area contributed by atoms with Crippen LogP contribution >= 0.6 is 11.6 Å². The van der Waals surface area contributed by atoms with Crippen molar-refractivity contribution in [3.8, 4) is 22.3 Å². The number of nitrogens with zero attached hydrogens (tertiary/aromatic N) is 1. The predicted molar refractivity (Wildman–Crippen MR) is 130 cm³/mol. The van der Waals surface area contributed by atoms with Crippen LogP contribution in [0.4, 0.5) is 4.79 Å². The molecule has 1 heterocycles. The highest BCUT2D eigenvalue weighted by Gasteiger charge is 2.15. The van der Waals surface area contributed by atoms with Crippen LogP contribution in [0.5, 0.6) is 0 Å². The average Bonchev–Trinajstić information content (AvgIpc) is 3.32. The Kier molecular flexibility index (Phi) is 6.94. The zero-order valence-electron chi connectivity index (χ0n) is 18.3. The van der Waals surface area contributed by atoms with Gasteiger partial charge >= 0.3 is 12.1 Å². The van der Waals surface area contributed by atoms with E-state index in [-0.39, 0.29) is 12.1 Å². The van der Waals surface area contributed by atoms with Gasteiger partial charge < -0.3 is 15.2 Å². The standard InChI is InChI=1S/C26H22ClN3O4/c1-16(21-4-2-3-5-23(21)27)34-26(33)28-15-24-22(14-29-30-24)19-10-6-17(7-11-19)18-8-12-20(13-9-18)25(31)32/h2-14,16H,15H2,1H3,(H,28,33)(H,29,30)(H,31,32). The number of hydrogen-bond donors (Lipinski definition) is 3. The minimum Gasteiger partial charge on any atom is -0.478 e. The van der Waals surface area contributed by atoms with Crippen LogP contribution in [0.1, 0.15) is 34.6 Å². The number of carbonyl (C=O) groups is 2. The second-order valence-electron chi connectivity index (χ2n) is 7.64. The highest BCUT2D eigenvalue weighted by molar-refractivity contribution is 6.31. The second kappa shape index (κ2) is 10.2. The molecule has 0 saturated carbocycles. The first-order valence-corrected chi connectivity index (χ1v) is 11.0. The van der Waals surface area contributed by atoms with Crippen molar-refractivity contribution in [1.82, 2.24) is 15.5 Å². The van der Waals surface area contributed by atoms with E-state index in [1.54, 1.807) is 43.5 Å². The van der Waals surface area contributed by atoms with Crippen LogP contribution in [0.25, 0.3) is 22.3 Å². The lowest BCUT2D eigenvalue weighted by Crippen LogP contribution is -2.25. The number of ether oxygens (including phenoxy) is 1. The third kappa shape index (κ3) is 5.27. The number of carbonyl (C=O) groups excluding carboxylic acids is 1. The first kappa shape index (κ1) is 23.1. The normalized spacial score (nSPS) is 11.6. The van der Waals surface area contributed by atoms with Crippen LogP contribution in [0.15, 0.2) is 79.0 Å². The summed E-state index contributed by atoms with van der Waals surface area (Å²) in [6, 6.07) is 21.8. The Labute approximate surface area is 201 Å². The van der Waals surface area contributed by atoms with Crippen LogP contribution in [0.2, 0.25) is 5.02 Å². The highest BCUT2D eigenvalue weighted by atomic mass is 35.5. The number of rotatable bonds is 7. The largest absolute Gasteiger partial charge is 0.478 e. The number of carboxylic acids is 1. The summed E-state index contributed by atoms with van der Waals surface area (Å²) in [5, 5.41) is 19.4. The Hall–Kier alpha value is -4.10. The molecule has 0 aliphatic carbocycles. The molecule has 0 saturated heterocycles. The Bertz CT molecular complexity index is 1300. The number of aromatic nitrogens is 2. The molecular weight excluding hydrogens is 454 g/mol. The van der Waals surface area contributed by atoms with Crippen molar-refractivity contribution in [2.24, 2.45) is 0 Å². The number of aromatic carboxylic acids is 1. The van der Waals surface area contributed by atoms with Crippen molar-refractivity contribution in [3.63, 3.8) is 0 Å². The number of amides is 1. The van der Waals surface area contributed by atoms with Crippen molar-refractivity contribution in [2.75, 3.05) is 0 Å². The van der Waals surface area contributed by atoms with E-state index in [0.29, 0.717) is 5.02 Å². The van der Waals surface area contributed by atoms with Crippen molar-refractivity contribution < 1.29 is 19.4 Å². The van der Waals surface area contributed by atoms with Gasteiger partial charge in [-0.2, -0.15) is 5.10 Å². The molecule has 4 rings (SSSR count). The molecule has 3 N–H and O–H groups in total. The number of nitrogens with one attached hydrogen (secondary N) is 2. The van der Waals surface area contributed by atoms with Gasteiger partial charge in [-0.05, 0) is 41.8 Å². The molecular formula is C26H22ClN3O4. The van der Waals surface area contributed by atoms with Gasteiger partial charge in [0.1, 0.15) is 6.10 Å². The van der Waals surface area contributed by atoms with Crippen molar-refractivity contribution in [2.45, 2.75) is 19.6 Å². The Balaban J connectivity index is 1.40. The number of aromatic amines is 1. The number of H-pyrrole nitrogens is 1. The van der Waals surface area contributed by atoms with Gasteiger partial charge in [-0.1, -0.05) is 66.2 Å². The van der Waals surface area contributed by atoms with E-state index in [1.165, 1.54) is 0 Å². The lowest BCUT2D eigenvalue weighted by atomic mass is 10.00. The minimum absolute atomic E-state index is 0.210. The molecule has 1 unspecified atom stereocenters. The summed E-state index contributed by atoms with van der Waals surface area (Å²) in [6.45, 7) is 1.97. The number of hydrogen-bond acceptors (Lipinski definition) is 4. The maximum atomic E-state index is 12.3. The third-order valence-electron chi connectivity index (χ3n) is 5.42. The molecule has 4 aromatic rings. The van der Waals surface area contributed by atoms with Gasteiger partial charge in [0.25, 0.3) is 0 Å². The van der Waals surface area contributed by atoms with E-state index in [2.05, 4.69) is 15.5 Å². The van der Waals surface area contributed by atoms with Gasteiger partial charge in [-0.3, -0.25) is 5.10 Å². The molecule has 0 bridgehead atoms. The first-order chi connectivity index (χ1) is 16.4. The smallest absolute Gasteiger partial charge is 0.408 e. The molecule has 1 atom stereocenters. The summed E-state index contributed by atoms with van der Waals surface area (Å²) in [7, 11) is 0. The molecule has 34 heavy (non-hydrogen) atoms. The molecule has 0 radical (unpaired) electrons. The molecule has 8 heteroatoms. The molecule has 1 aromatic heterocycles. The second-order valence-corrected chi connectivity index (χ2v) is 8.05. The maximum Gasteiger partial charge on any atom is 0.408 e. The monoisotopic (exact) mass is 475 g/mol. The third-order valence-corrected chi connectivity index (χ3v) is 5.76. The fourth-order valence-corrected chi connectivity index (χ4v) is 3.86. The molecule has 0 aliphatic heterocycles. The first-order valence-electron chi connectivity index (χ1n) is 10.6. The molecule has 0 spiro atoms. The van der Waals surface area contributed by atoms with Crippen molar-refractivity contribution in [3.05, 3.63) is 101 Å². The molecule has 0 aliphatic rings. The van der Waals surface area contributed by atoms with Gasteiger partial charge in [0.15, 0.2) is 0 Å². The Morgan fingerprint density at radius 3 is 2.26 bits per heavy atom. The number of benzene rings is 3. The lowest BCUT2D eigenvalue weighted by Gasteiger charge is -2.15. The van der Waals surface area contributed by atoms with Gasteiger partial charge in [0.05, 0.1) is 24.0 Å². The fraction of sp³-hybridized carbons (Fsp3) is 0.115. The molecule has 1 amide bonds. The van der Waals surface area contributed by atoms with Crippen molar-refractivity contribution in [1.29, 1.82) is 0 Å². The average molecular weight is 476 g/mol. The quantitative estimate of drug-likeness (QED) is 0.300. The predicted octanol–water partition coefficient (Wildman–Crippen LogP) is 6.08. The van der Waals surface area contributed by atoms with Gasteiger partial charge in [0.2, 0.25) is 0 Å². The number of halogens is 1. The molecule has 3 aromatic carbocycles. The topological polar surface area (TPSA) is 104 Å². The summed E-state index contributed by atoms with van der Waals surface area (Å²) >= 11 is 6.17. The zero-order valence-corrected chi connectivity index (χ0v) is 19.0. The summed E-state index contributed by atoms with van der Waals surface area (Å²) < 4.78 is 5.44. The van der Waals surface area contributed by atoms with Gasteiger partial charge in [-0.15, -0.1) is 0 Å². The van der Waals surface area contributed by atoms with Gasteiger partial charge in [0, 0.05) is 16.1 Å². The van der Waals surface area contributed by atoms with E-state index in [1.807, 2.05) is 42.5 Å². The van der Waals surface area contributed by atoms with Crippen LogP contribution < -0.4 is 5.32 Å². The van der Waals surface area contributed by atoms with E-state index in [9.17, 15) is 9.59 Å². The van der Waals surface area contributed by atoms with E-state index in [4.69, 9.17) is 21.4 Å². The van der Waals surface area contributed by atoms with Crippen LogP contribution in [0, 0.1) is 0 Å². The zero-order chi connectivity index (χ0) is 24.1. The molecule has 7 nitrogen and oxygen atoms in total. The Morgan fingerprint density at radius 1 is 1.00 bits per heavy atom. The van der Waals surface area contributed by atoms with E-state index < -0.39 is 18.2 Å².